The van der Waals surface area contributed by atoms with Gasteiger partial charge in [0.05, 0.1) is 10.2 Å². The normalized spacial score (nSPS) is 37.4. The molecule has 1 aromatic carbocycles. The van der Waals surface area contributed by atoms with E-state index in [1.165, 1.54) is 54.7 Å². The van der Waals surface area contributed by atoms with E-state index in [0.29, 0.717) is 28.8 Å². The molecule has 1 saturated heterocycles. The van der Waals surface area contributed by atoms with Crippen LogP contribution >= 0.6 is 11.3 Å². The quantitative estimate of drug-likeness (QED) is 0.522. The van der Waals surface area contributed by atoms with Crippen LogP contribution in [0.2, 0.25) is 0 Å². The molecule has 180 valence electrons. The summed E-state index contributed by atoms with van der Waals surface area (Å²) in [5.41, 5.74) is 3.77. The molecule has 0 bridgehead atoms. The van der Waals surface area contributed by atoms with E-state index in [-0.39, 0.29) is 17.2 Å². The van der Waals surface area contributed by atoms with Gasteiger partial charge in [0, 0.05) is 18.2 Å². The third-order valence-electron chi connectivity index (χ3n) is 9.96. The van der Waals surface area contributed by atoms with Crippen LogP contribution in [0.3, 0.4) is 0 Å². The average molecular weight is 478 g/mol. The molecule has 2 heterocycles. The Morgan fingerprint density at radius 1 is 1.18 bits per heavy atom. The molecule has 5 nitrogen and oxygen atoms in total. The molecule has 34 heavy (non-hydrogen) atoms. The van der Waals surface area contributed by atoms with Gasteiger partial charge in [-0.2, -0.15) is 0 Å². The van der Waals surface area contributed by atoms with Crippen molar-refractivity contribution in [3.8, 4) is 0 Å². The second-order valence-electron chi connectivity index (χ2n) is 11.8. The van der Waals surface area contributed by atoms with E-state index in [1.54, 1.807) is 0 Å². The molecule has 1 aliphatic heterocycles. The van der Waals surface area contributed by atoms with Gasteiger partial charge >= 0.3 is 0 Å². The first-order valence-electron chi connectivity index (χ1n) is 12.9. The third kappa shape index (κ3) is 3.13. The zero-order valence-corrected chi connectivity index (χ0v) is 21.5. The fraction of sp³-hybridized carbons (Fsp3) is 0.607. The number of fused-ring (bicyclic) bond motifs is 6. The molecular formula is C28H35N3O2S. The Morgan fingerprint density at radius 2 is 1.97 bits per heavy atom. The minimum absolute atomic E-state index is 0.0783. The number of benzene rings is 1. The number of hydrogen-bond acceptors (Lipinski definition) is 4. The highest BCUT2D eigenvalue weighted by Crippen LogP contribution is 2.65. The monoisotopic (exact) mass is 477 g/mol. The maximum absolute atomic E-state index is 13.5. The minimum atomic E-state index is -0.672. The minimum Gasteiger partial charge on any atom is -0.318 e. The number of carbonyl (C=O) groups excluding carboxylic acids is 2. The molecular weight excluding hydrogens is 442 g/mol. The van der Waals surface area contributed by atoms with Crippen molar-refractivity contribution in [2.45, 2.75) is 65.7 Å². The lowest BCUT2D eigenvalue weighted by atomic mass is 9.48. The number of anilines is 1. The Hall–Kier alpha value is -2.21. The highest BCUT2D eigenvalue weighted by Gasteiger charge is 2.60. The molecule has 1 unspecified atom stereocenters. The van der Waals surface area contributed by atoms with E-state index in [1.807, 2.05) is 36.2 Å². The summed E-state index contributed by atoms with van der Waals surface area (Å²) in [5.74, 6) is 1.02. The van der Waals surface area contributed by atoms with Gasteiger partial charge in [0.25, 0.3) is 0 Å². The maximum atomic E-state index is 13.5. The molecule has 0 spiro atoms. The smallest absolute Gasteiger partial charge is 0.239 e. The van der Waals surface area contributed by atoms with Gasteiger partial charge in [-0.25, -0.2) is 4.98 Å². The molecule has 2 aromatic rings. The second kappa shape index (κ2) is 7.64. The number of carbonyl (C=O) groups is 2. The number of thiazole rings is 1. The zero-order chi connectivity index (χ0) is 23.8. The molecule has 6 atom stereocenters. The lowest BCUT2D eigenvalue weighted by molar-refractivity contribution is -0.147. The number of nitrogens with zero attached hydrogens (tertiary/aromatic N) is 2. The van der Waals surface area contributed by atoms with E-state index in [2.05, 4.69) is 31.1 Å². The predicted octanol–water partition coefficient (Wildman–Crippen LogP) is 6.23. The highest BCUT2D eigenvalue weighted by molar-refractivity contribution is 7.22. The Morgan fingerprint density at radius 3 is 2.76 bits per heavy atom. The molecule has 6 rings (SSSR count). The number of allylic oxidation sites excluding steroid dienone is 2. The van der Waals surface area contributed by atoms with Gasteiger partial charge in [-0.15, -0.1) is 0 Å². The highest BCUT2D eigenvalue weighted by atomic mass is 32.1. The van der Waals surface area contributed by atoms with Crippen LogP contribution in [0.4, 0.5) is 5.13 Å². The van der Waals surface area contributed by atoms with Crippen LogP contribution < -0.4 is 5.32 Å². The van der Waals surface area contributed by atoms with Crippen molar-refractivity contribution >= 4 is 38.5 Å². The second-order valence-corrected chi connectivity index (χ2v) is 12.9. The van der Waals surface area contributed by atoms with Crippen LogP contribution in [0.25, 0.3) is 10.2 Å². The Labute approximate surface area is 206 Å². The van der Waals surface area contributed by atoms with E-state index < -0.39 is 5.92 Å². The molecule has 4 aliphatic rings. The topological polar surface area (TPSA) is 62.3 Å². The number of hydrogen-bond donors (Lipinski definition) is 1. The summed E-state index contributed by atoms with van der Waals surface area (Å²) in [4.78, 5) is 33.4. The maximum Gasteiger partial charge on any atom is 0.239 e. The van der Waals surface area contributed by atoms with Crippen LogP contribution in [0.1, 0.15) is 65.7 Å². The van der Waals surface area contributed by atoms with Crippen LogP contribution in [0.15, 0.2) is 35.5 Å². The summed E-state index contributed by atoms with van der Waals surface area (Å²) in [6.07, 6.45) is 8.24. The Balaban J connectivity index is 1.32. The number of rotatable bonds is 2. The van der Waals surface area contributed by atoms with Crippen molar-refractivity contribution in [1.82, 2.24) is 9.88 Å². The van der Waals surface area contributed by atoms with E-state index in [0.717, 1.165) is 22.6 Å². The number of aromatic nitrogens is 1. The predicted molar refractivity (Wildman–Crippen MR) is 136 cm³/mol. The fourth-order valence-electron chi connectivity index (χ4n) is 8.57. The van der Waals surface area contributed by atoms with Gasteiger partial charge in [0.2, 0.25) is 11.8 Å². The number of piperidine rings is 1. The SMILES string of the molecule is CC1=C2N(C)C(=O)C(C(=O)Nc3nc4ccccc4s3)C[C@]2(C)[C@@H]2CC[C@]3(C)CCC[C@H]3[C@@H]2C1. The Kier molecular flexibility index (Phi) is 5.01. The van der Waals surface area contributed by atoms with Gasteiger partial charge in [0.15, 0.2) is 5.13 Å². The number of nitrogens with one attached hydrogen (secondary N) is 1. The molecule has 0 radical (unpaired) electrons. The third-order valence-corrected chi connectivity index (χ3v) is 10.9. The van der Waals surface area contributed by atoms with Gasteiger partial charge in [-0.1, -0.05) is 49.3 Å². The summed E-state index contributed by atoms with van der Waals surface area (Å²) < 4.78 is 1.04. The summed E-state index contributed by atoms with van der Waals surface area (Å²) in [6, 6.07) is 7.88. The van der Waals surface area contributed by atoms with E-state index in [4.69, 9.17) is 0 Å². The molecule has 2 amide bonds. The van der Waals surface area contributed by atoms with Crippen LogP contribution in [0, 0.1) is 34.5 Å². The van der Waals surface area contributed by atoms with Crippen LogP contribution in [0.5, 0.6) is 0 Å². The lowest BCUT2D eigenvalue weighted by Crippen LogP contribution is -2.57. The number of amides is 2. The van der Waals surface area contributed by atoms with Crippen molar-refractivity contribution in [3.63, 3.8) is 0 Å². The standard InChI is InChI=1S/C28H35N3O2S/c1-16-14-17-19-8-7-12-27(19,2)13-11-20(17)28(3)15-18(25(33)31(4)23(16)28)24(32)30-26-29-21-9-5-6-10-22(21)34-26/h5-6,9-10,17-20H,7-8,11-15H2,1-4H3,(H,29,30,32)/t17-,18?,19-,20+,27-,28+/m0/s1. The van der Waals surface area contributed by atoms with Gasteiger partial charge in [-0.05, 0) is 80.8 Å². The van der Waals surface area contributed by atoms with Gasteiger partial charge in [-0.3, -0.25) is 9.59 Å². The van der Waals surface area contributed by atoms with Crippen molar-refractivity contribution in [2.75, 3.05) is 12.4 Å². The summed E-state index contributed by atoms with van der Waals surface area (Å²) in [6.45, 7) is 7.10. The van der Waals surface area contributed by atoms with Crippen molar-refractivity contribution < 1.29 is 9.59 Å². The zero-order valence-electron chi connectivity index (χ0n) is 20.7. The molecule has 1 aromatic heterocycles. The number of likely N-dealkylation sites (tertiary alicyclic amines) is 1. The first-order valence-corrected chi connectivity index (χ1v) is 13.7. The van der Waals surface area contributed by atoms with Crippen LogP contribution in [-0.2, 0) is 9.59 Å². The van der Waals surface area contributed by atoms with Gasteiger partial charge < -0.3 is 10.2 Å². The molecule has 2 saturated carbocycles. The van der Waals surface area contributed by atoms with Crippen LogP contribution in [-0.4, -0.2) is 28.7 Å². The molecule has 3 fully saturated rings. The lowest BCUT2D eigenvalue weighted by Gasteiger charge is -2.59. The van der Waals surface area contributed by atoms with E-state index in [9.17, 15) is 9.59 Å². The van der Waals surface area contributed by atoms with Crippen molar-refractivity contribution in [2.24, 2.45) is 34.5 Å². The van der Waals surface area contributed by atoms with E-state index >= 15 is 0 Å². The van der Waals surface area contributed by atoms with Crippen molar-refractivity contribution in [3.05, 3.63) is 35.5 Å². The summed E-state index contributed by atoms with van der Waals surface area (Å²) >= 11 is 1.46. The average Bonchev–Trinajstić information content (AvgIpc) is 3.38. The summed E-state index contributed by atoms with van der Waals surface area (Å²) in [7, 11) is 1.89. The Bertz CT molecular complexity index is 1180. The van der Waals surface area contributed by atoms with Gasteiger partial charge in [0.1, 0.15) is 5.92 Å². The summed E-state index contributed by atoms with van der Waals surface area (Å²) in [5, 5.41) is 3.57. The number of para-hydroxylation sites is 1. The molecule has 6 heteroatoms. The fourth-order valence-corrected chi connectivity index (χ4v) is 9.43. The largest absolute Gasteiger partial charge is 0.318 e. The van der Waals surface area contributed by atoms with Crippen molar-refractivity contribution in [1.29, 1.82) is 0 Å². The molecule has 3 aliphatic carbocycles. The first-order chi connectivity index (χ1) is 16.2. The first kappa shape index (κ1) is 22.3. The molecule has 1 N–H and O–H groups in total.